The van der Waals surface area contributed by atoms with Crippen molar-refractivity contribution in [3.05, 3.63) is 21.9 Å². The van der Waals surface area contributed by atoms with E-state index in [1.165, 1.54) is 15.3 Å². The van der Waals surface area contributed by atoms with Gasteiger partial charge in [-0.2, -0.15) is 0 Å². The molecule has 1 spiro atoms. The van der Waals surface area contributed by atoms with E-state index in [0.29, 0.717) is 6.67 Å². The second-order valence-electron chi connectivity index (χ2n) is 7.58. The minimum atomic E-state index is -0.682. The Kier molecular flexibility index (Phi) is 3.92. The smallest absolute Gasteiger partial charge is 0.323 e. The molecule has 2 atom stereocenters. The number of urea groups is 1. The van der Waals surface area contributed by atoms with Crippen LogP contribution in [0.25, 0.3) is 0 Å². The second-order valence-corrected chi connectivity index (χ2v) is 8.58. The summed E-state index contributed by atoms with van der Waals surface area (Å²) in [5.41, 5.74) is 0.658. The van der Waals surface area contributed by atoms with Crippen molar-refractivity contribution in [3.63, 3.8) is 0 Å². The molecule has 1 aliphatic carbocycles. The van der Waals surface area contributed by atoms with Gasteiger partial charge in [-0.25, -0.2) is 9.69 Å². The third kappa shape index (κ3) is 2.30. The van der Waals surface area contributed by atoms with Gasteiger partial charge in [-0.05, 0) is 48.1 Å². The van der Waals surface area contributed by atoms with Gasteiger partial charge in [0.25, 0.3) is 5.91 Å². The molecule has 130 valence electrons. The molecule has 3 amide bonds. The molecular weight excluding hydrogens is 322 g/mol. The molecule has 3 heterocycles. The van der Waals surface area contributed by atoms with Crippen LogP contribution in [0.15, 0.2) is 11.4 Å². The number of fused-ring (bicyclic) bond motifs is 1. The summed E-state index contributed by atoms with van der Waals surface area (Å²) in [7, 11) is 0. The summed E-state index contributed by atoms with van der Waals surface area (Å²) in [4.78, 5) is 30.9. The van der Waals surface area contributed by atoms with Crippen molar-refractivity contribution in [2.45, 2.75) is 51.6 Å². The van der Waals surface area contributed by atoms with Crippen molar-refractivity contribution in [2.24, 2.45) is 11.8 Å². The fourth-order valence-electron chi connectivity index (χ4n) is 4.71. The molecule has 0 radical (unpaired) electrons. The van der Waals surface area contributed by atoms with Crippen LogP contribution in [0.3, 0.4) is 0 Å². The molecule has 1 aromatic rings. The van der Waals surface area contributed by atoms with Gasteiger partial charge in [-0.15, -0.1) is 11.3 Å². The number of hydrogen-bond acceptors (Lipinski definition) is 4. The SMILES string of the molecule is CC1CCCC(C)C12NC(=O)N(CN1CCc3sccc3C1)C2=O. The van der Waals surface area contributed by atoms with Crippen molar-refractivity contribution in [3.8, 4) is 0 Å². The van der Waals surface area contributed by atoms with Crippen molar-refractivity contribution >= 4 is 23.3 Å². The van der Waals surface area contributed by atoms with Crippen LogP contribution in [0.1, 0.15) is 43.6 Å². The van der Waals surface area contributed by atoms with Gasteiger partial charge < -0.3 is 5.32 Å². The quantitative estimate of drug-likeness (QED) is 0.837. The summed E-state index contributed by atoms with van der Waals surface area (Å²) < 4.78 is 0. The number of carbonyl (C=O) groups excluding carboxylic acids is 2. The van der Waals surface area contributed by atoms with Gasteiger partial charge in [-0.3, -0.25) is 9.69 Å². The molecule has 1 saturated carbocycles. The first-order valence-corrected chi connectivity index (χ1v) is 9.82. The molecule has 3 aliphatic rings. The van der Waals surface area contributed by atoms with Crippen LogP contribution < -0.4 is 5.32 Å². The Labute approximate surface area is 147 Å². The summed E-state index contributed by atoms with van der Waals surface area (Å²) in [6.07, 6.45) is 4.16. The summed E-state index contributed by atoms with van der Waals surface area (Å²) in [6.45, 7) is 6.35. The van der Waals surface area contributed by atoms with E-state index in [4.69, 9.17) is 0 Å². The number of hydrogen-bond donors (Lipinski definition) is 1. The molecule has 1 saturated heterocycles. The molecule has 0 aromatic carbocycles. The average molecular weight is 347 g/mol. The minimum Gasteiger partial charge on any atom is -0.323 e. The number of imide groups is 1. The highest BCUT2D eigenvalue weighted by Crippen LogP contribution is 2.42. The molecule has 1 aromatic heterocycles. The van der Waals surface area contributed by atoms with Gasteiger partial charge in [0.2, 0.25) is 0 Å². The van der Waals surface area contributed by atoms with Crippen LogP contribution in [0.5, 0.6) is 0 Å². The van der Waals surface area contributed by atoms with Crippen LogP contribution in [-0.4, -0.2) is 40.5 Å². The lowest BCUT2D eigenvalue weighted by molar-refractivity contribution is -0.138. The van der Waals surface area contributed by atoms with Crippen LogP contribution in [0.4, 0.5) is 4.79 Å². The van der Waals surface area contributed by atoms with Crippen molar-refractivity contribution < 1.29 is 9.59 Å². The van der Waals surface area contributed by atoms with Crippen molar-refractivity contribution in [1.29, 1.82) is 0 Å². The van der Waals surface area contributed by atoms with E-state index in [2.05, 4.69) is 35.5 Å². The lowest BCUT2D eigenvalue weighted by Crippen LogP contribution is -2.59. The first-order valence-electron chi connectivity index (χ1n) is 8.94. The van der Waals surface area contributed by atoms with E-state index >= 15 is 0 Å². The number of amides is 3. The predicted octanol–water partition coefficient (Wildman–Crippen LogP) is 2.81. The maximum Gasteiger partial charge on any atom is 0.326 e. The molecule has 5 nitrogen and oxygen atoms in total. The van der Waals surface area contributed by atoms with E-state index in [-0.39, 0.29) is 23.8 Å². The summed E-state index contributed by atoms with van der Waals surface area (Å²) >= 11 is 1.80. The number of thiophene rings is 1. The lowest BCUT2D eigenvalue weighted by Gasteiger charge is -2.42. The number of nitrogens with one attached hydrogen (secondary N) is 1. The Bertz CT molecular complexity index is 661. The Morgan fingerprint density at radius 2 is 2.04 bits per heavy atom. The summed E-state index contributed by atoms with van der Waals surface area (Å²) in [6, 6.07) is 1.95. The molecule has 2 aliphatic heterocycles. The van der Waals surface area contributed by atoms with E-state index in [9.17, 15) is 9.59 Å². The number of carbonyl (C=O) groups is 2. The Balaban J connectivity index is 1.52. The number of nitrogens with zero attached hydrogens (tertiary/aromatic N) is 2. The van der Waals surface area contributed by atoms with Crippen molar-refractivity contribution in [1.82, 2.24) is 15.1 Å². The molecule has 4 rings (SSSR count). The zero-order valence-electron chi connectivity index (χ0n) is 14.4. The van der Waals surface area contributed by atoms with Gasteiger partial charge >= 0.3 is 6.03 Å². The van der Waals surface area contributed by atoms with E-state index in [1.807, 2.05) is 0 Å². The van der Waals surface area contributed by atoms with Crippen LogP contribution >= 0.6 is 11.3 Å². The van der Waals surface area contributed by atoms with Gasteiger partial charge in [0, 0.05) is 18.0 Å². The minimum absolute atomic E-state index is 0.0108. The summed E-state index contributed by atoms with van der Waals surface area (Å²) in [5.74, 6) is 0.392. The fraction of sp³-hybridized carbons (Fsp3) is 0.667. The van der Waals surface area contributed by atoms with Gasteiger partial charge in [0.1, 0.15) is 5.54 Å². The molecule has 6 heteroatoms. The highest BCUT2D eigenvalue weighted by molar-refractivity contribution is 7.10. The topological polar surface area (TPSA) is 52.7 Å². The van der Waals surface area contributed by atoms with Crippen LogP contribution in [0, 0.1) is 11.8 Å². The number of rotatable bonds is 2. The molecular formula is C18H25N3O2S. The Morgan fingerprint density at radius 3 is 2.79 bits per heavy atom. The van der Waals surface area contributed by atoms with Gasteiger partial charge in [-0.1, -0.05) is 20.3 Å². The van der Waals surface area contributed by atoms with E-state index in [0.717, 1.165) is 38.8 Å². The van der Waals surface area contributed by atoms with Crippen LogP contribution in [-0.2, 0) is 17.8 Å². The average Bonchev–Trinajstić information content (AvgIpc) is 3.11. The van der Waals surface area contributed by atoms with E-state index in [1.54, 1.807) is 11.3 Å². The highest BCUT2D eigenvalue weighted by Gasteiger charge is 2.58. The molecule has 1 N–H and O–H groups in total. The molecule has 2 unspecified atom stereocenters. The van der Waals surface area contributed by atoms with E-state index < -0.39 is 5.54 Å². The highest BCUT2D eigenvalue weighted by atomic mass is 32.1. The summed E-state index contributed by atoms with van der Waals surface area (Å²) in [5, 5.41) is 5.21. The lowest BCUT2D eigenvalue weighted by atomic mass is 9.67. The zero-order valence-corrected chi connectivity index (χ0v) is 15.2. The zero-order chi connectivity index (χ0) is 16.9. The van der Waals surface area contributed by atoms with Gasteiger partial charge in [0.15, 0.2) is 0 Å². The Hall–Kier alpha value is -1.40. The predicted molar refractivity (Wildman–Crippen MR) is 93.6 cm³/mol. The molecule has 0 bridgehead atoms. The maximum atomic E-state index is 13.2. The van der Waals surface area contributed by atoms with Crippen molar-refractivity contribution in [2.75, 3.05) is 13.2 Å². The standard InChI is InChI=1S/C18H25N3O2S/c1-12-4-3-5-13(2)18(12)16(22)21(17(23)19-18)11-20-8-6-15-14(10-20)7-9-24-15/h7,9,12-13H,3-6,8,10-11H2,1-2H3,(H,19,23). The first-order chi connectivity index (χ1) is 11.5. The third-order valence-corrected chi connectivity index (χ3v) is 7.24. The maximum absolute atomic E-state index is 13.2. The fourth-order valence-corrected chi connectivity index (χ4v) is 5.60. The molecule has 24 heavy (non-hydrogen) atoms. The third-order valence-electron chi connectivity index (χ3n) is 6.22. The monoisotopic (exact) mass is 347 g/mol. The Morgan fingerprint density at radius 1 is 1.29 bits per heavy atom. The largest absolute Gasteiger partial charge is 0.326 e. The normalized spacial score (nSPS) is 33.8. The van der Waals surface area contributed by atoms with Gasteiger partial charge in [0.05, 0.1) is 6.67 Å². The molecule has 2 fully saturated rings. The van der Waals surface area contributed by atoms with Crippen LogP contribution in [0.2, 0.25) is 0 Å². The first kappa shape index (κ1) is 16.1. The second kappa shape index (κ2) is 5.85.